The molecule has 0 spiro atoms. The highest BCUT2D eigenvalue weighted by Crippen LogP contribution is 2.20. The summed E-state index contributed by atoms with van der Waals surface area (Å²) in [4.78, 5) is 6.81. The molecule has 18 heavy (non-hydrogen) atoms. The second-order valence-electron chi connectivity index (χ2n) is 4.53. The van der Waals surface area contributed by atoms with Crippen molar-refractivity contribution in [3.63, 3.8) is 0 Å². The number of thioether (sulfide) groups is 1. The Morgan fingerprint density at radius 3 is 2.78 bits per heavy atom. The van der Waals surface area contributed by atoms with Crippen LogP contribution < -0.4 is 5.32 Å². The average molecular weight is 385 g/mol. The van der Waals surface area contributed by atoms with Gasteiger partial charge in [0.25, 0.3) is 0 Å². The van der Waals surface area contributed by atoms with E-state index in [9.17, 15) is 0 Å². The minimum Gasteiger partial charge on any atom is -0.356 e. The highest BCUT2D eigenvalue weighted by atomic mass is 127. The van der Waals surface area contributed by atoms with Gasteiger partial charge < -0.3 is 10.2 Å². The van der Waals surface area contributed by atoms with Crippen molar-refractivity contribution in [3.05, 3.63) is 0 Å². The topological polar surface area (TPSA) is 27.6 Å². The van der Waals surface area contributed by atoms with Crippen LogP contribution in [0.2, 0.25) is 0 Å². The predicted molar refractivity (Wildman–Crippen MR) is 94.4 cm³/mol. The summed E-state index contributed by atoms with van der Waals surface area (Å²) in [6.07, 6.45) is 5.08. The van der Waals surface area contributed by atoms with Crippen molar-refractivity contribution < 1.29 is 0 Å². The van der Waals surface area contributed by atoms with Crippen molar-refractivity contribution in [1.82, 2.24) is 10.2 Å². The Balaban J connectivity index is 0.00000289. The Morgan fingerprint density at radius 1 is 1.39 bits per heavy atom. The SMILES string of the molecule is CCCCCNC(=NC)N1CCSC(CC)C1.I. The summed E-state index contributed by atoms with van der Waals surface area (Å²) in [6.45, 7) is 7.85. The van der Waals surface area contributed by atoms with Gasteiger partial charge in [-0.15, -0.1) is 24.0 Å². The van der Waals surface area contributed by atoms with Crippen molar-refractivity contribution in [2.75, 3.05) is 32.4 Å². The van der Waals surface area contributed by atoms with Crippen LogP contribution in [0.25, 0.3) is 0 Å². The molecule has 5 heteroatoms. The van der Waals surface area contributed by atoms with Crippen LogP contribution in [0, 0.1) is 0 Å². The van der Waals surface area contributed by atoms with Gasteiger partial charge in [-0.1, -0.05) is 26.7 Å². The Hall–Kier alpha value is 0.350. The van der Waals surface area contributed by atoms with E-state index >= 15 is 0 Å². The Kier molecular flexibility index (Phi) is 11.4. The first-order valence-electron chi connectivity index (χ1n) is 6.89. The predicted octanol–water partition coefficient (Wildman–Crippen LogP) is 3.20. The van der Waals surface area contributed by atoms with Crippen molar-refractivity contribution in [1.29, 1.82) is 0 Å². The summed E-state index contributed by atoms with van der Waals surface area (Å²) in [5.41, 5.74) is 0. The zero-order valence-corrected chi connectivity index (χ0v) is 15.1. The fraction of sp³-hybridized carbons (Fsp3) is 0.923. The molecule has 1 atom stereocenters. The van der Waals surface area contributed by atoms with Gasteiger partial charge in [-0.25, -0.2) is 0 Å². The van der Waals surface area contributed by atoms with E-state index in [-0.39, 0.29) is 24.0 Å². The van der Waals surface area contributed by atoms with Crippen LogP contribution in [0.15, 0.2) is 4.99 Å². The third-order valence-corrected chi connectivity index (χ3v) is 4.54. The maximum atomic E-state index is 4.40. The standard InChI is InChI=1S/C13H27N3S.HI/c1-4-6-7-8-15-13(14-3)16-9-10-17-12(5-2)11-16;/h12H,4-11H2,1-3H3,(H,14,15);1H. The first kappa shape index (κ1) is 18.4. The van der Waals surface area contributed by atoms with Crippen molar-refractivity contribution in [2.45, 2.75) is 44.8 Å². The molecule has 1 rings (SSSR count). The molecule has 0 amide bonds. The summed E-state index contributed by atoms with van der Waals surface area (Å²) >= 11 is 2.10. The van der Waals surface area contributed by atoms with E-state index in [1.54, 1.807) is 0 Å². The van der Waals surface area contributed by atoms with Gasteiger partial charge in [0.1, 0.15) is 0 Å². The molecule has 0 aromatic carbocycles. The quantitative estimate of drug-likeness (QED) is 0.341. The lowest BCUT2D eigenvalue weighted by molar-refractivity contribution is 0.407. The third kappa shape index (κ3) is 6.50. The van der Waals surface area contributed by atoms with Crippen LogP contribution in [0.3, 0.4) is 0 Å². The van der Waals surface area contributed by atoms with Crippen LogP contribution in [-0.4, -0.2) is 48.5 Å². The molecule has 1 saturated heterocycles. The molecular formula is C13H28IN3S. The van der Waals surface area contributed by atoms with Crippen LogP contribution in [0.5, 0.6) is 0 Å². The Labute approximate surface area is 134 Å². The summed E-state index contributed by atoms with van der Waals surface area (Å²) in [5, 5.41) is 4.26. The number of hydrogen-bond donors (Lipinski definition) is 1. The number of aliphatic imine (C=N–C) groups is 1. The van der Waals surface area contributed by atoms with Gasteiger partial charge in [-0.3, -0.25) is 4.99 Å². The highest BCUT2D eigenvalue weighted by Gasteiger charge is 2.20. The first-order valence-corrected chi connectivity index (χ1v) is 7.93. The Morgan fingerprint density at radius 2 is 2.17 bits per heavy atom. The van der Waals surface area contributed by atoms with Crippen LogP contribution in [0.1, 0.15) is 39.5 Å². The van der Waals surface area contributed by atoms with Crippen LogP contribution in [0.4, 0.5) is 0 Å². The molecular weight excluding hydrogens is 357 g/mol. The van der Waals surface area contributed by atoms with Gasteiger partial charge in [0.15, 0.2) is 5.96 Å². The maximum absolute atomic E-state index is 4.40. The molecule has 1 aliphatic rings. The molecule has 1 fully saturated rings. The van der Waals surface area contributed by atoms with E-state index in [0.29, 0.717) is 0 Å². The number of rotatable bonds is 5. The lowest BCUT2D eigenvalue weighted by Crippen LogP contribution is -2.48. The molecule has 1 aliphatic heterocycles. The molecule has 1 N–H and O–H groups in total. The summed E-state index contributed by atoms with van der Waals surface area (Å²) in [7, 11) is 1.89. The minimum atomic E-state index is 0. The lowest BCUT2D eigenvalue weighted by atomic mass is 10.2. The van der Waals surface area contributed by atoms with E-state index in [1.165, 1.54) is 31.4 Å². The number of halogens is 1. The van der Waals surface area contributed by atoms with E-state index in [1.807, 2.05) is 7.05 Å². The second-order valence-corrected chi connectivity index (χ2v) is 5.94. The highest BCUT2D eigenvalue weighted by molar-refractivity contribution is 14.0. The van der Waals surface area contributed by atoms with Crippen LogP contribution >= 0.6 is 35.7 Å². The number of unbranched alkanes of at least 4 members (excludes halogenated alkanes) is 2. The monoisotopic (exact) mass is 385 g/mol. The first-order chi connectivity index (χ1) is 8.31. The normalized spacial score (nSPS) is 20.5. The molecule has 0 aromatic rings. The minimum absolute atomic E-state index is 0. The third-order valence-electron chi connectivity index (χ3n) is 3.17. The van der Waals surface area contributed by atoms with E-state index < -0.39 is 0 Å². The number of nitrogens with zero attached hydrogens (tertiary/aromatic N) is 2. The average Bonchev–Trinajstić information content (AvgIpc) is 2.39. The lowest BCUT2D eigenvalue weighted by Gasteiger charge is -2.34. The molecule has 0 bridgehead atoms. The molecule has 3 nitrogen and oxygen atoms in total. The Bertz CT molecular complexity index is 236. The largest absolute Gasteiger partial charge is 0.356 e. The van der Waals surface area contributed by atoms with Crippen molar-refractivity contribution in [2.24, 2.45) is 4.99 Å². The van der Waals surface area contributed by atoms with Gasteiger partial charge in [-0.2, -0.15) is 11.8 Å². The van der Waals surface area contributed by atoms with Crippen molar-refractivity contribution in [3.8, 4) is 0 Å². The molecule has 0 radical (unpaired) electrons. The summed E-state index contributed by atoms with van der Waals surface area (Å²) < 4.78 is 0. The number of hydrogen-bond acceptors (Lipinski definition) is 2. The summed E-state index contributed by atoms with van der Waals surface area (Å²) in [6, 6.07) is 0. The zero-order chi connectivity index (χ0) is 12.5. The fourth-order valence-electron chi connectivity index (χ4n) is 2.07. The van der Waals surface area contributed by atoms with Gasteiger partial charge >= 0.3 is 0 Å². The van der Waals surface area contributed by atoms with E-state index in [0.717, 1.165) is 30.8 Å². The van der Waals surface area contributed by atoms with Gasteiger partial charge in [0, 0.05) is 37.7 Å². The van der Waals surface area contributed by atoms with Gasteiger partial charge in [-0.05, 0) is 12.8 Å². The van der Waals surface area contributed by atoms with Crippen LogP contribution in [-0.2, 0) is 0 Å². The van der Waals surface area contributed by atoms with Gasteiger partial charge in [0.05, 0.1) is 0 Å². The smallest absolute Gasteiger partial charge is 0.193 e. The molecule has 1 unspecified atom stereocenters. The fourth-order valence-corrected chi connectivity index (χ4v) is 3.25. The van der Waals surface area contributed by atoms with E-state index in [2.05, 4.69) is 40.8 Å². The molecule has 0 aliphatic carbocycles. The number of guanidine groups is 1. The maximum Gasteiger partial charge on any atom is 0.193 e. The molecule has 108 valence electrons. The molecule has 1 heterocycles. The number of nitrogens with one attached hydrogen (secondary N) is 1. The van der Waals surface area contributed by atoms with E-state index in [4.69, 9.17) is 0 Å². The molecule has 0 saturated carbocycles. The van der Waals surface area contributed by atoms with Gasteiger partial charge in [0.2, 0.25) is 0 Å². The van der Waals surface area contributed by atoms with Crippen molar-refractivity contribution >= 4 is 41.7 Å². The zero-order valence-electron chi connectivity index (χ0n) is 11.9. The summed E-state index contributed by atoms with van der Waals surface area (Å²) in [5.74, 6) is 2.33. The molecule has 0 aromatic heterocycles. The second kappa shape index (κ2) is 11.2.